The van der Waals surface area contributed by atoms with Crippen LogP contribution < -0.4 is 16.4 Å². The lowest BCUT2D eigenvalue weighted by atomic mass is 9.90. The van der Waals surface area contributed by atoms with Crippen molar-refractivity contribution < 1.29 is 24.6 Å². The standard InChI is InChI=1S/C16H21N3O5S/c17-13(21)3-4-18-16(24)9-6-11(15(23)12(20)7-9)19-14(22)8-10-2-1-5-25-10/h1-2,5-6,11-12,15,20,23H,3-4,7-8H2,(H2,17,21)(H,18,24)(H,19,22)/t11-,12-,15-/m1/s1. The summed E-state index contributed by atoms with van der Waals surface area (Å²) < 4.78 is 0. The fraction of sp³-hybridized carbons (Fsp3) is 0.438. The molecule has 1 heterocycles. The number of amides is 3. The van der Waals surface area contributed by atoms with Crippen LogP contribution in [0.15, 0.2) is 29.2 Å². The van der Waals surface area contributed by atoms with Gasteiger partial charge in [-0.2, -0.15) is 0 Å². The zero-order valence-corrected chi connectivity index (χ0v) is 14.3. The first kappa shape index (κ1) is 19.1. The van der Waals surface area contributed by atoms with E-state index in [4.69, 9.17) is 5.73 Å². The van der Waals surface area contributed by atoms with Crippen molar-refractivity contribution in [3.8, 4) is 0 Å². The normalized spacial score (nSPS) is 22.8. The summed E-state index contributed by atoms with van der Waals surface area (Å²) in [5.41, 5.74) is 5.24. The minimum absolute atomic E-state index is 0.00514. The van der Waals surface area contributed by atoms with Gasteiger partial charge in [-0.1, -0.05) is 12.1 Å². The lowest BCUT2D eigenvalue weighted by molar-refractivity contribution is -0.123. The number of aliphatic hydroxyl groups is 2. The maximum Gasteiger partial charge on any atom is 0.247 e. The van der Waals surface area contributed by atoms with Gasteiger partial charge in [-0.05, 0) is 11.4 Å². The molecule has 136 valence electrons. The molecule has 0 saturated carbocycles. The summed E-state index contributed by atoms with van der Waals surface area (Å²) in [6.45, 7) is 0.0829. The van der Waals surface area contributed by atoms with Gasteiger partial charge < -0.3 is 26.6 Å². The Kier molecular flexibility index (Phi) is 6.68. The van der Waals surface area contributed by atoms with Crippen LogP contribution in [0.25, 0.3) is 0 Å². The molecular weight excluding hydrogens is 346 g/mol. The highest BCUT2D eigenvalue weighted by atomic mass is 32.1. The number of nitrogens with two attached hydrogens (primary N) is 1. The monoisotopic (exact) mass is 367 g/mol. The van der Waals surface area contributed by atoms with E-state index in [-0.39, 0.29) is 37.3 Å². The molecule has 6 N–H and O–H groups in total. The van der Waals surface area contributed by atoms with E-state index >= 15 is 0 Å². The summed E-state index contributed by atoms with van der Waals surface area (Å²) in [7, 11) is 0. The Morgan fingerprint density at radius 1 is 1.32 bits per heavy atom. The summed E-state index contributed by atoms with van der Waals surface area (Å²) in [5.74, 6) is -1.32. The number of rotatable bonds is 7. The summed E-state index contributed by atoms with van der Waals surface area (Å²) in [6.07, 6.45) is -0.816. The molecule has 0 radical (unpaired) electrons. The molecule has 0 aromatic carbocycles. The van der Waals surface area contributed by atoms with E-state index in [9.17, 15) is 24.6 Å². The molecule has 1 aromatic heterocycles. The smallest absolute Gasteiger partial charge is 0.247 e. The van der Waals surface area contributed by atoms with Crippen LogP contribution in [0, 0.1) is 0 Å². The molecule has 0 spiro atoms. The Morgan fingerprint density at radius 3 is 2.72 bits per heavy atom. The van der Waals surface area contributed by atoms with Crippen LogP contribution in [0.3, 0.4) is 0 Å². The van der Waals surface area contributed by atoms with Crippen LogP contribution in [0.1, 0.15) is 17.7 Å². The van der Waals surface area contributed by atoms with Crippen LogP contribution in [-0.2, 0) is 20.8 Å². The SMILES string of the molecule is NC(=O)CCNC(=O)C1=C[C@@H](NC(=O)Cc2cccs2)[C@@H](O)[C@H](O)C1. The van der Waals surface area contributed by atoms with Crippen LogP contribution in [-0.4, -0.2) is 52.7 Å². The Labute approximate surface area is 148 Å². The zero-order chi connectivity index (χ0) is 18.4. The summed E-state index contributed by atoms with van der Waals surface area (Å²) in [6, 6.07) is 2.79. The van der Waals surface area contributed by atoms with Crippen LogP contribution in [0.2, 0.25) is 0 Å². The third kappa shape index (κ3) is 5.66. The molecule has 3 atom stereocenters. The van der Waals surface area contributed by atoms with Crippen molar-refractivity contribution >= 4 is 29.1 Å². The molecule has 1 aromatic rings. The second-order valence-corrected chi connectivity index (χ2v) is 6.81. The molecule has 1 aliphatic carbocycles. The Balaban J connectivity index is 1.98. The average molecular weight is 367 g/mol. The van der Waals surface area contributed by atoms with E-state index in [1.807, 2.05) is 17.5 Å². The lowest BCUT2D eigenvalue weighted by Gasteiger charge is -2.31. The van der Waals surface area contributed by atoms with Gasteiger partial charge in [-0.3, -0.25) is 14.4 Å². The Morgan fingerprint density at radius 2 is 2.08 bits per heavy atom. The lowest BCUT2D eigenvalue weighted by Crippen LogP contribution is -2.51. The van der Waals surface area contributed by atoms with Crippen molar-refractivity contribution in [3.63, 3.8) is 0 Å². The van der Waals surface area contributed by atoms with Gasteiger partial charge in [0.25, 0.3) is 0 Å². The molecular formula is C16H21N3O5S. The van der Waals surface area contributed by atoms with E-state index < -0.39 is 30.1 Å². The molecule has 3 amide bonds. The first-order chi connectivity index (χ1) is 11.9. The highest BCUT2D eigenvalue weighted by Crippen LogP contribution is 2.20. The van der Waals surface area contributed by atoms with E-state index in [2.05, 4.69) is 10.6 Å². The molecule has 0 fully saturated rings. The molecule has 0 unspecified atom stereocenters. The average Bonchev–Trinajstić information content (AvgIpc) is 3.03. The van der Waals surface area contributed by atoms with Crippen LogP contribution in [0.5, 0.6) is 0 Å². The first-order valence-electron chi connectivity index (χ1n) is 7.82. The third-order valence-corrected chi connectivity index (χ3v) is 4.64. The quantitative estimate of drug-likeness (QED) is 0.412. The molecule has 8 nitrogen and oxygen atoms in total. The van der Waals surface area contributed by atoms with Crippen molar-refractivity contribution in [2.24, 2.45) is 5.73 Å². The Hall–Kier alpha value is -2.23. The maximum atomic E-state index is 12.1. The van der Waals surface area contributed by atoms with Gasteiger partial charge in [-0.15, -0.1) is 11.3 Å². The fourth-order valence-electron chi connectivity index (χ4n) is 2.49. The largest absolute Gasteiger partial charge is 0.390 e. The molecule has 0 aliphatic heterocycles. The first-order valence-corrected chi connectivity index (χ1v) is 8.70. The number of carbonyl (C=O) groups excluding carboxylic acids is 3. The van der Waals surface area contributed by atoms with Crippen molar-refractivity contribution in [3.05, 3.63) is 34.0 Å². The van der Waals surface area contributed by atoms with Crippen molar-refractivity contribution in [1.82, 2.24) is 10.6 Å². The minimum atomic E-state index is -1.20. The second-order valence-electron chi connectivity index (χ2n) is 5.78. The summed E-state index contributed by atoms with van der Waals surface area (Å²) in [5, 5.41) is 27.0. The van der Waals surface area contributed by atoms with Gasteiger partial charge in [-0.25, -0.2) is 0 Å². The number of nitrogens with one attached hydrogen (secondary N) is 2. The predicted molar refractivity (Wildman–Crippen MR) is 91.5 cm³/mol. The van der Waals surface area contributed by atoms with Gasteiger partial charge in [0.05, 0.1) is 18.6 Å². The number of thiophene rings is 1. The number of aliphatic hydroxyl groups excluding tert-OH is 2. The van der Waals surface area contributed by atoms with Gasteiger partial charge in [0.1, 0.15) is 6.10 Å². The number of hydrogen-bond acceptors (Lipinski definition) is 6. The molecule has 0 bridgehead atoms. The topological polar surface area (TPSA) is 142 Å². The molecule has 1 aliphatic rings. The molecule has 2 rings (SSSR count). The van der Waals surface area contributed by atoms with Gasteiger partial charge in [0, 0.05) is 29.8 Å². The Bertz CT molecular complexity index is 659. The maximum absolute atomic E-state index is 12.1. The number of carbonyl (C=O) groups is 3. The van der Waals surface area contributed by atoms with E-state index in [1.165, 1.54) is 17.4 Å². The fourth-order valence-corrected chi connectivity index (χ4v) is 3.19. The third-order valence-electron chi connectivity index (χ3n) is 3.76. The summed E-state index contributed by atoms with van der Waals surface area (Å²) >= 11 is 1.44. The zero-order valence-electron chi connectivity index (χ0n) is 13.5. The molecule has 9 heteroatoms. The van der Waals surface area contributed by atoms with Gasteiger partial charge in [0.2, 0.25) is 17.7 Å². The van der Waals surface area contributed by atoms with Crippen LogP contribution in [0.4, 0.5) is 0 Å². The highest BCUT2D eigenvalue weighted by Gasteiger charge is 2.33. The van der Waals surface area contributed by atoms with Gasteiger partial charge in [0.15, 0.2) is 0 Å². The van der Waals surface area contributed by atoms with E-state index in [0.717, 1.165) is 4.88 Å². The number of primary amides is 1. The van der Waals surface area contributed by atoms with Crippen LogP contribution >= 0.6 is 11.3 Å². The van der Waals surface area contributed by atoms with Gasteiger partial charge >= 0.3 is 0 Å². The van der Waals surface area contributed by atoms with E-state index in [0.29, 0.717) is 0 Å². The highest BCUT2D eigenvalue weighted by molar-refractivity contribution is 7.10. The molecule has 25 heavy (non-hydrogen) atoms. The summed E-state index contributed by atoms with van der Waals surface area (Å²) in [4.78, 5) is 35.7. The minimum Gasteiger partial charge on any atom is -0.390 e. The number of hydrogen-bond donors (Lipinski definition) is 5. The second kappa shape index (κ2) is 8.75. The predicted octanol–water partition coefficient (Wildman–Crippen LogP) is -1.18. The van der Waals surface area contributed by atoms with E-state index in [1.54, 1.807) is 0 Å². The molecule has 0 saturated heterocycles. The van der Waals surface area contributed by atoms with Crippen molar-refractivity contribution in [2.45, 2.75) is 37.5 Å². The van der Waals surface area contributed by atoms with Crippen molar-refractivity contribution in [2.75, 3.05) is 6.54 Å². The van der Waals surface area contributed by atoms with Crippen molar-refractivity contribution in [1.29, 1.82) is 0 Å².